The molecule has 3 nitrogen and oxygen atoms in total. The zero-order valence-corrected chi connectivity index (χ0v) is 10.3. The second-order valence-corrected chi connectivity index (χ2v) is 6.11. The lowest BCUT2D eigenvalue weighted by Crippen LogP contribution is -2.59. The molecule has 4 unspecified atom stereocenters. The molecule has 0 amide bonds. The van der Waals surface area contributed by atoms with Crippen LogP contribution >= 0.6 is 0 Å². The molecule has 1 aliphatic carbocycles. The van der Waals surface area contributed by atoms with Crippen LogP contribution in [0.5, 0.6) is 0 Å². The average molecular weight is 224 g/mol. The number of piperidine rings is 1. The van der Waals surface area contributed by atoms with Crippen LogP contribution in [0.25, 0.3) is 0 Å². The monoisotopic (exact) mass is 224 g/mol. The molecule has 0 aromatic rings. The van der Waals surface area contributed by atoms with Gasteiger partial charge in [0, 0.05) is 37.2 Å². The smallest absolute Gasteiger partial charge is 0.0513 e. The molecule has 3 aliphatic rings. The maximum Gasteiger partial charge on any atom is 0.0513 e. The number of nitrogens with zero attached hydrogens (tertiary/aromatic N) is 1. The van der Waals surface area contributed by atoms with Crippen molar-refractivity contribution in [2.75, 3.05) is 26.3 Å². The van der Waals surface area contributed by atoms with E-state index in [1.165, 1.54) is 32.2 Å². The molecule has 2 saturated heterocycles. The van der Waals surface area contributed by atoms with Crippen molar-refractivity contribution in [2.45, 2.75) is 44.2 Å². The van der Waals surface area contributed by atoms with E-state index in [4.69, 9.17) is 10.5 Å². The number of nitrogens with two attached hydrogens (primary N) is 1. The molecule has 3 rings (SSSR count). The van der Waals surface area contributed by atoms with Crippen molar-refractivity contribution >= 4 is 0 Å². The van der Waals surface area contributed by atoms with Gasteiger partial charge in [-0.25, -0.2) is 0 Å². The highest BCUT2D eigenvalue weighted by molar-refractivity contribution is 5.04. The van der Waals surface area contributed by atoms with Gasteiger partial charge in [-0.2, -0.15) is 0 Å². The van der Waals surface area contributed by atoms with Crippen molar-refractivity contribution in [1.82, 2.24) is 4.90 Å². The molecular formula is C13H24N2O. The lowest BCUT2D eigenvalue weighted by molar-refractivity contribution is 0.0212. The first-order chi connectivity index (χ1) is 7.74. The lowest BCUT2D eigenvalue weighted by Gasteiger charge is -2.46. The minimum absolute atomic E-state index is 0.191. The van der Waals surface area contributed by atoms with E-state index in [0.717, 1.165) is 31.7 Å². The summed E-state index contributed by atoms with van der Waals surface area (Å²) in [6.45, 7) is 6.29. The third-order valence-electron chi connectivity index (χ3n) is 5.29. The van der Waals surface area contributed by atoms with Gasteiger partial charge in [-0.15, -0.1) is 0 Å². The molecule has 0 aromatic heterocycles. The Morgan fingerprint density at radius 1 is 1.38 bits per heavy atom. The van der Waals surface area contributed by atoms with Gasteiger partial charge in [0.1, 0.15) is 0 Å². The van der Waals surface area contributed by atoms with E-state index in [1.807, 2.05) is 0 Å². The van der Waals surface area contributed by atoms with E-state index in [-0.39, 0.29) is 5.54 Å². The molecule has 4 atom stereocenters. The summed E-state index contributed by atoms with van der Waals surface area (Å²) >= 11 is 0. The summed E-state index contributed by atoms with van der Waals surface area (Å²) in [6.07, 6.45) is 5.46. The fourth-order valence-corrected chi connectivity index (χ4v) is 4.09. The third-order valence-corrected chi connectivity index (χ3v) is 5.29. The Labute approximate surface area is 98.3 Å². The zero-order chi connectivity index (χ0) is 11.2. The molecule has 3 heteroatoms. The van der Waals surface area contributed by atoms with Gasteiger partial charge >= 0.3 is 0 Å². The molecule has 3 fully saturated rings. The standard InChI is InChI=1S/C13H24N2O/c1-13(9-14,11-4-5-16-8-11)15-7-10-2-3-12(15)6-10/h10-12H,2-9,14H2,1H3. The molecule has 2 bridgehead atoms. The maximum atomic E-state index is 6.10. The Morgan fingerprint density at radius 2 is 2.25 bits per heavy atom. The minimum Gasteiger partial charge on any atom is -0.381 e. The highest BCUT2D eigenvalue weighted by Gasteiger charge is 2.49. The predicted molar refractivity (Wildman–Crippen MR) is 64.2 cm³/mol. The minimum atomic E-state index is 0.191. The Balaban J connectivity index is 1.78. The zero-order valence-electron chi connectivity index (χ0n) is 10.3. The molecule has 0 aromatic carbocycles. The highest BCUT2D eigenvalue weighted by Crippen LogP contribution is 2.44. The number of rotatable bonds is 3. The number of hydrogen-bond donors (Lipinski definition) is 1. The number of likely N-dealkylation sites (tertiary alicyclic amines) is 1. The van der Waals surface area contributed by atoms with Crippen molar-refractivity contribution in [3.8, 4) is 0 Å². The van der Waals surface area contributed by atoms with Gasteiger partial charge < -0.3 is 10.5 Å². The van der Waals surface area contributed by atoms with Crippen molar-refractivity contribution in [3.05, 3.63) is 0 Å². The second kappa shape index (κ2) is 3.97. The molecule has 2 aliphatic heterocycles. The van der Waals surface area contributed by atoms with Crippen LogP contribution in [0.1, 0.15) is 32.6 Å². The predicted octanol–water partition coefficient (Wildman–Crippen LogP) is 1.22. The molecule has 16 heavy (non-hydrogen) atoms. The summed E-state index contributed by atoms with van der Waals surface area (Å²) in [5, 5.41) is 0. The summed E-state index contributed by atoms with van der Waals surface area (Å²) in [4.78, 5) is 2.72. The van der Waals surface area contributed by atoms with E-state index < -0.39 is 0 Å². The Hall–Kier alpha value is -0.120. The van der Waals surface area contributed by atoms with Crippen LogP contribution < -0.4 is 5.73 Å². The molecule has 0 radical (unpaired) electrons. The first-order valence-electron chi connectivity index (χ1n) is 6.78. The molecular weight excluding hydrogens is 200 g/mol. The van der Waals surface area contributed by atoms with Gasteiger partial charge in [0.2, 0.25) is 0 Å². The van der Waals surface area contributed by atoms with Crippen LogP contribution in [-0.2, 0) is 4.74 Å². The second-order valence-electron chi connectivity index (χ2n) is 6.11. The van der Waals surface area contributed by atoms with Gasteiger partial charge in [-0.1, -0.05) is 0 Å². The van der Waals surface area contributed by atoms with E-state index in [2.05, 4.69) is 11.8 Å². The van der Waals surface area contributed by atoms with Gasteiger partial charge in [-0.3, -0.25) is 4.90 Å². The number of ether oxygens (including phenoxy) is 1. The van der Waals surface area contributed by atoms with Gasteiger partial charge in [0.15, 0.2) is 0 Å². The summed E-state index contributed by atoms with van der Waals surface area (Å²) in [5.74, 6) is 1.61. The van der Waals surface area contributed by atoms with Crippen molar-refractivity contribution < 1.29 is 4.74 Å². The van der Waals surface area contributed by atoms with Crippen LogP contribution in [0.15, 0.2) is 0 Å². The fourth-order valence-electron chi connectivity index (χ4n) is 4.09. The van der Waals surface area contributed by atoms with E-state index in [9.17, 15) is 0 Å². The van der Waals surface area contributed by atoms with Crippen LogP contribution in [0.2, 0.25) is 0 Å². The Bertz CT molecular complexity index is 265. The highest BCUT2D eigenvalue weighted by atomic mass is 16.5. The number of hydrogen-bond acceptors (Lipinski definition) is 3. The number of fused-ring (bicyclic) bond motifs is 2. The first-order valence-corrected chi connectivity index (χ1v) is 6.78. The quantitative estimate of drug-likeness (QED) is 0.783. The first kappa shape index (κ1) is 11.0. The fraction of sp³-hybridized carbons (Fsp3) is 1.00. The van der Waals surface area contributed by atoms with Crippen LogP contribution in [0.4, 0.5) is 0 Å². The van der Waals surface area contributed by atoms with Gasteiger partial charge in [0.25, 0.3) is 0 Å². The molecule has 2 N–H and O–H groups in total. The summed E-state index contributed by atoms with van der Waals surface area (Å²) in [7, 11) is 0. The SMILES string of the molecule is CC(CN)(C1CCOC1)N1CC2CCC1C2. The molecule has 0 spiro atoms. The normalized spacial score (nSPS) is 42.8. The van der Waals surface area contributed by atoms with Crippen molar-refractivity contribution in [1.29, 1.82) is 0 Å². The van der Waals surface area contributed by atoms with E-state index in [0.29, 0.717) is 5.92 Å². The molecule has 1 saturated carbocycles. The molecule has 92 valence electrons. The molecule has 2 heterocycles. The van der Waals surface area contributed by atoms with E-state index in [1.54, 1.807) is 0 Å². The van der Waals surface area contributed by atoms with Gasteiger partial charge in [-0.05, 0) is 38.5 Å². The van der Waals surface area contributed by atoms with Crippen LogP contribution in [-0.4, -0.2) is 42.8 Å². The summed E-state index contributed by atoms with van der Waals surface area (Å²) in [6, 6.07) is 0.819. The Morgan fingerprint density at radius 3 is 2.75 bits per heavy atom. The van der Waals surface area contributed by atoms with Gasteiger partial charge in [0.05, 0.1) is 6.61 Å². The lowest BCUT2D eigenvalue weighted by atomic mass is 9.82. The maximum absolute atomic E-state index is 6.10. The van der Waals surface area contributed by atoms with Crippen LogP contribution in [0, 0.1) is 11.8 Å². The van der Waals surface area contributed by atoms with E-state index >= 15 is 0 Å². The largest absolute Gasteiger partial charge is 0.381 e. The Kier molecular flexibility index (Phi) is 2.73. The van der Waals surface area contributed by atoms with Crippen molar-refractivity contribution in [3.63, 3.8) is 0 Å². The summed E-state index contributed by atoms with van der Waals surface area (Å²) < 4.78 is 5.56. The summed E-state index contributed by atoms with van der Waals surface area (Å²) in [5.41, 5.74) is 6.29. The van der Waals surface area contributed by atoms with Crippen LogP contribution in [0.3, 0.4) is 0 Å². The van der Waals surface area contributed by atoms with Crippen molar-refractivity contribution in [2.24, 2.45) is 17.6 Å². The average Bonchev–Trinajstić information content (AvgIpc) is 3.03. The topological polar surface area (TPSA) is 38.5 Å². The third kappa shape index (κ3) is 1.52.